The van der Waals surface area contributed by atoms with Crippen molar-refractivity contribution in [1.29, 1.82) is 10.5 Å². The smallest absolute Gasteiger partial charge is 0.127 e. The summed E-state index contributed by atoms with van der Waals surface area (Å²) in [6.07, 6.45) is 0.888. The molecule has 1 fully saturated rings. The number of nitriles is 2. The zero-order valence-corrected chi connectivity index (χ0v) is 15.0. The van der Waals surface area contributed by atoms with E-state index in [1.54, 1.807) is 12.1 Å². The normalized spacial score (nSPS) is 15.7. The Morgan fingerprint density at radius 1 is 0.741 bits per heavy atom. The Morgan fingerprint density at radius 2 is 1.19 bits per heavy atom. The lowest BCUT2D eigenvalue weighted by molar-refractivity contribution is 0.243. The molecular weight excluding hydrogens is 346 g/mol. The summed E-state index contributed by atoms with van der Waals surface area (Å²) in [6, 6.07) is 12.9. The number of hydrogen-bond donors (Lipinski definition) is 0. The van der Waals surface area contributed by atoms with Crippen LogP contribution in [0.1, 0.15) is 28.7 Å². The van der Waals surface area contributed by atoms with Crippen LogP contribution >= 0.6 is 0 Å². The summed E-state index contributed by atoms with van der Waals surface area (Å²) in [5.41, 5.74) is 1.96. The third-order valence-corrected chi connectivity index (χ3v) is 4.82. The third kappa shape index (κ3) is 4.89. The quantitative estimate of drug-likeness (QED) is 0.832. The first-order valence-electron chi connectivity index (χ1n) is 8.91. The van der Waals surface area contributed by atoms with Gasteiger partial charge in [0.25, 0.3) is 0 Å². The Balaban J connectivity index is 1.63. The fraction of sp³-hybridized carbons (Fsp3) is 0.333. The molecule has 1 saturated heterocycles. The number of nitrogens with zero attached hydrogens (tertiary/aromatic N) is 4. The lowest BCUT2D eigenvalue weighted by Crippen LogP contribution is -2.30. The van der Waals surface area contributed by atoms with Crippen LogP contribution in [0.5, 0.6) is 0 Å². The summed E-state index contributed by atoms with van der Waals surface area (Å²) in [5, 5.41) is 18.0. The molecule has 2 aromatic carbocycles. The molecule has 27 heavy (non-hydrogen) atoms. The average Bonchev–Trinajstić information content (AvgIpc) is 2.90. The van der Waals surface area contributed by atoms with Gasteiger partial charge in [-0.2, -0.15) is 10.5 Å². The fourth-order valence-electron chi connectivity index (χ4n) is 3.35. The first-order valence-corrected chi connectivity index (χ1v) is 8.91. The van der Waals surface area contributed by atoms with E-state index in [4.69, 9.17) is 10.5 Å². The minimum Gasteiger partial charge on any atom is -0.298 e. The van der Waals surface area contributed by atoms with Crippen molar-refractivity contribution in [3.8, 4) is 12.1 Å². The molecule has 6 heteroatoms. The van der Waals surface area contributed by atoms with Crippen LogP contribution in [-0.4, -0.2) is 36.0 Å². The van der Waals surface area contributed by atoms with Gasteiger partial charge in [0.05, 0.1) is 23.3 Å². The first-order chi connectivity index (χ1) is 13.1. The molecule has 0 atom stereocenters. The van der Waals surface area contributed by atoms with Crippen LogP contribution in [0.4, 0.5) is 8.78 Å². The van der Waals surface area contributed by atoms with Gasteiger partial charge in [0, 0.05) is 37.3 Å². The van der Waals surface area contributed by atoms with E-state index in [0.717, 1.165) is 32.6 Å². The molecule has 1 aliphatic heterocycles. The second-order valence-electron chi connectivity index (χ2n) is 6.74. The first kappa shape index (κ1) is 19.0. The second-order valence-corrected chi connectivity index (χ2v) is 6.74. The molecule has 0 aliphatic carbocycles. The lowest BCUT2D eigenvalue weighted by atomic mass is 10.1. The van der Waals surface area contributed by atoms with Crippen LogP contribution in [-0.2, 0) is 13.1 Å². The van der Waals surface area contributed by atoms with Gasteiger partial charge in [0.2, 0.25) is 0 Å². The molecule has 0 radical (unpaired) electrons. The topological polar surface area (TPSA) is 54.1 Å². The van der Waals surface area contributed by atoms with Crippen LogP contribution in [0.3, 0.4) is 0 Å². The van der Waals surface area contributed by atoms with E-state index < -0.39 is 0 Å². The maximum absolute atomic E-state index is 14.0. The molecule has 1 heterocycles. The Bertz CT molecular complexity index is 825. The molecule has 0 bridgehead atoms. The summed E-state index contributed by atoms with van der Waals surface area (Å²) < 4.78 is 28.1. The number of halogens is 2. The summed E-state index contributed by atoms with van der Waals surface area (Å²) >= 11 is 0. The predicted molar refractivity (Wildman–Crippen MR) is 97.4 cm³/mol. The Morgan fingerprint density at radius 3 is 1.59 bits per heavy atom. The molecule has 0 spiro atoms. The van der Waals surface area contributed by atoms with Crippen molar-refractivity contribution in [3.05, 3.63) is 70.3 Å². The third-order valence-electron chi connectivity index (χ3n) is 4.82. The summed E-state index contributed by atoms with van der Waals surface area (Å²) in [6.45, 7) is 3.99. The van der Waals surface area contributed by atoms with Crippen LogP contribution in [0.15, 0.2) is 36.4 Å². The number of rotatable bonds is 4. The molecule has 4 nitrogen and oxygen atoms in total. The van der Waals surface area contributed by atoms with Gasteiger partial charge in [-0.25, -0.2) is 8.78 Å². The van der Waals surface area contributed by atoms with Crippen molar-refractivity contribution in [3.63, 3.8) is 0 Å². The average molecular weight is 366 g/mol. The van der Waals surface area contributed by atoms with Crippen molar-refractivity contribution in [2.24, 2.45) is 0 Å². The molecular formula is C21H20F2N4. The van der Waals surface area contributed by atoms with E-state index in [9.17, 15) is 8.78 Å². The van der Waals surface area contributed by atoms with Gasteiger partial charge in [-0.15, -0.1) is 0 Å². The second kappa shape index (κ2) is 8.73. The molecule has 138 valence electrons. The van der Waals surface area contributed by atoms with E-state index in [2.05, 4.69) is 9.80 Å². The zero-order valence-electron chi connectivity index (χ0n) is 15.0. The van der Waals surface area contributed by atoms with Crippen LogP contribution in [0.25, 0.3) is 0 Å². The Hall–Kier alpha value is -2.80. The molecule has 0 N–H and O–H groups in total. The van der Waals surface area contributed by atoms with Crippen LogP contribution in [0, 0.1) is 34.3 Å². The summed E-state index contributed by atoms with van der Waals surface area (Å²) in [5.74, 6) is -0.601. The predicted octanol–water partition coefficient (Wildman–Crippen LogP) is 3.42. The SMILES string of the molecule is N#Cc1ccc(F)c(CN2CCCN(Cc3cc(C#N)ccc3F)CC2)c1. The highest BCUT2D eigenvalue weighted by Gasteiger charge is 2.18. The van der Waals surface area contributed by atoms with Gasteiger partial charge in [0.1, 0.15) is 11.6 Å². The Kier molecular flexibility index (Phi) is 6.13. The highest BCUT2D eigenvalue weighted by atomic mass is 19.1. The fourth-order valence-corrected chi connectivity index (χ4v) is 3.35. The molecule has 0 unspecified atom stereocenters. The van der Waals surface area contributed by atoms with Gasteiger partial charge in [-0.3, -0.25) is 9.80 Å². The monoisotopic (exact) mass is 366 g/mol. The van der Waals surface area contributed by atoms with E-state index in [1.807, 2.05) is 12.1 Å². The number of hydrogen-bond acceptors (Lipinski definition) is 4. The molecule has 0 aromatic heterocycles. The van der Waals surface area contributed by atoms with Gasteiger partial charge in [-0.1, -0.05) is 0 Å². The molecule has 1 aliphatic rings. The van der Waals surface area contributed by atoms with Crippen molar-refractivity contribution >= 4 is 0 Å². The van der Waals surface area contributed by atoms with E-state index >= 15 is 0 Å². The van der Waals surface area contributed by atoms with Crippen LogP contribution < -0.4 is 0 Å². The Labute approximate surface area is 157 Å². The van der Waals surface area contributed by atoms with Crippen molar-refractivity contribution < 1.29 is 8.78 Å². The zero-order chi connectivity index (χ0) is 19.2. The van der Waals surface area contributed by atoms with E-state index in [-0.39, 0.29) is 11.6 Å². The van der Waals surface area contributed by atoms with E-state index in [1.165, 1.54) is 24.3 Å². The van der Waals surface area contributed by atoms with Gasteiger partial charge < -0.3 is 0 Å². The lowest BCUT2D eigenvalue weighted by Gasteiger charge is -2.22. The van der Waals surface area contributed by atoms with Crippen molar-refractivity contribution in [1.82, 2.24) is 9.80 Å². The van der Waals surface area contributed by atoms with E-state index in [0.29, 0.717) is 35.3 Å². The number of benzene rings is 2. The maximum atomic E-state index is 14.0. The van der Waals surface area contributed by atoms with Gasteiger partial charge >= 0.3 is 0 Å². The molecule has 0 saturated carbocycles. The van der Waals surface area contributed by atoms with Crippen LogP contribution in [0.2, 0.25) is 0 Å². The highest BCUT2D eigenvalue weighted by molar-refractivity contribution is 5.34. The molecule has 3 rings (SSSR count). The molecule has 0 amide bonds. The largest absolute Gasteiger partial charge is 0.298 e. The summed E-state index contributed by atoms with van der Waals surface area (Å²) in [4.78, 5) is 4.31. The van der Waals surface area contributed by atoms with Gasteiger partial charge in [0.15, 0.2) is 0 Å². The van der Waals surface area contributed by atoms with Crippen molar-refractivity contribution in [2.75, 3.05) is 26.2 Å². The minimum absolute atomic E-state index is 0.300. The van der Waals surface area contributed by atoms with Crippen molar-refractivity contribution in [2.45, 2.75) is 19.5 Å². The maximum Gasteiger partial charge on any atom is 0.127 e. The minimum atomic E-state index is -0.300. The highest BCUT2D eigenvalue weighted by Crippen LogP contribution is 2.17. The standard InChI is InChI=1S/C21H20F2N4/c22-20-4-2-16(12-24)10-18(20)14-26-6-1-7-27(9-8-26)15-19-11-17(13-25)3-5-21(19)23/h2-5,10-11H,1,6-9,14-15H2. The van der Waals surface area contributed by atoms with Gasteiger partial charge in [-0.05, 0) is 55.9 Å². The summed E-state index contributed by atoms with van der Waals surface area (Å²) in [7, 11) is 0. The molecule has 2 aromatic rings.